The number of anilines is 1. The van der Waals surface area contributed by atoms with E-state index in [0.29, 0.717) is 31.2 Å². The van der Waals surface area contributed by atoms with Crippen molar-refractivity contribution in [2.75, 3.05) is 24.5 Å². The second-order valence-electron chi connectivity index (χ2n) is 6.44. The number of benzene rings is 1. The summed E-state index contributed by atoms with van der Waals surface area (Å²) in [5, 5.41) is 13.8. The Morgan fingerprint density at radius 2 is 2.25 bits per heavy atom. The van der Waals surface area contributed by atoms with Crippen molar-refractivity contribution in [2.24, 2.45) is 0 Å². The number of aromatic nitrogens is 2. The molecule has 126 valence electrons. The van der Waals surface area contributed by atoms with Crippen molar-refractivity contribution < 1.29 is 14.4 Å². The zero-order valence-electron chi connectivity index (χ0n) is 13.6. The Morgan fingerprint density at radius 3 is 3.04 bits per heavy atom. The summed E-state index contributed by atoms with van der Waals surface area (Å²) in [6, 6.07) is 7.79. The van der Waals surface area contributed by atoms with Crippen molar-refractivity contribution in [3.05, 3.63) is 41.5 Å². The van der Waals surface area contributed by atoms with Gasteiger partial charge in [0.1, 0.15) is 0 Å². The molecule has 7 heteroatoms. The Kier molecular flexibility index (Phi) is 3.82. The number of aliphatic hydroxyl groups excluding tert-OH is 1. The number of nitrogens with zero attached hydrogens (tertiary/aromatic N) is 4. The number of hydrogen-bond donors (Lipinski definition) is 1. The van der Waals surface area contributed by atoms with Crippen LogP contribution in [0.3, 0.4) is 0 Å². The van der Waals surface area contributed by atoms with Crippen molar-refractivity contribution in [3.8, 4) is 0 Å². The van der Waals surface area contributed by atoms with E-state index in [0.717, 1.165) is 12.1 Å². The number of para-hydroxylation sites is 1. The molecule has 1 aromatic heterocycles. The predicted molar refractivity (Wildman–Crippen MR) is 86.5 cm³/mol. The van der Waals surface area contributed by atoms with Gasteiger partial charge >= 0.3 is 0 Å². The molecule has 1 aromatic carbocycles. The van der Waals surface area contributed by atoms with Crippen LogP contribution in [0.15, 0.2) is 28.8 Å². The highest BCUT2D eigenvalue weighted by Gasteiger charge is 2.38. The van der Waals surface area contributed by atoms with Gasteiger partial charge in [0.15, 0.2) is 5.82 Å². The highest BCUT2D eigenvalue weighted by atomic mass is 16.5. The number of carbonyl (C=O) groups is 1. The van der Waals surface area contributed by atoms with Gasteiger partial charge in [0, 0.05) is 18.8 Å². The maximum atomic E-state index is 12.8. The van der Waals surface area contributed by atoms with Crippen LogP contribution in [0, 0.1) is 6.92 Å². The molecule has 0 spiro atoms. The normalized spacial score (nSPS) is 23.7. The summed E-state index contributed by atoms with van der Waals surface area (Å²) in [6.07, 6.45) is 0.906. The third kappa shape index (κ3) is 2.70. The van der Waals surface area contributed by atoms with Crippen LogP contribution in [0.25, 0.3) is 0 Å². The third-order valence-electron chi connectivity index (χ3n) is 4.74. The van der Waals surface area contributed by atoms with Gasteiger partial charge in [0.2, 0.25) is 11.8 Å². The highest BCUT2D eigenvalue weighted by molar-refractivity contribution is 5.96. The number of amides is 1. The smallest absolute Gasteiger partial charge is 0.244 e. The fraction of sp³-hybridized carbons (Fsp3) is 0.471. The summed E-state index contributed by atoms with van der Waals surface area (Å²) in [5.74, 6) is 1.07. The van der Waals surface area contributed by atoms with Crippen molar-refractivity contribution in [1.29, 1.82) is 0 Å². The molecule has 0 aliphatic carbocycles. The monoisotopic (exact) mass is 328 g/mol. The Morgan fingerprint density at radius 1 is 1.42 bits per heavy atom. The zero-order chi connectivity index (χ0) is 16.7. The van der Waals surface area contributed by atoms with Crippen molar-refractivity contribution in [2.45, 2.75) is 31.9 Å². The van der Waals surface area contributed by atoms with E-state index in [1.54, 1.807) is 6.92 Å². The lowest BCUT2D eigenvalue weighted by Gasteiger charge is -2.24. The predicted octanol–water partition coefficient (Wildman–Crippen LogP) is 1.08. The largest absolute Gasteiger partial charge is 0.392 e. The third-order valence-corrected chi connectivity index (χ3v) is 4.74. The molecule has 0 bridgehead atoms. The molecule has 2 aliphatic rings. The molecule has 7 nitrogen and oxygen atoms in total. The van der Waals surface area contributed by atoms with Crippen LogP contribution in [0.1, 0.15) is 29.7 Å². The molecule has 0 unspecified atom stereocenters. The van der Waals surface area contributed by atoms with E-state index in [1.807, 2.05) is 28.0 Å². The molecule has 24 heavy (non-hydrogen) atoms. The number of fused-ring (bicyclic) bond motifs is 1. The molecule has 4 rings (SSSR count). The Balaban J connectivity index is 1.51. The molecule has 1 amide bonds. The van der Waals surface area contributed by atoms with Crippen molar-refractivity contribution in [3.63, 3.8) is 0 Å². The first kappa shape index (κ1) is 15.3. The van der Waals surface area contributed by atoms with Gasteiger partial charge in [-0.05, 0) is 31.4 Å². The molecule has 1 saturated heterocycles. The number of carbonyl (C=O) groups excluding carboxylic acids is 1. The summed E-state index contributed by atoms with van der Waals surface area (Å²) in [4.78, 5) is 20.8. The first-order valence-electron chi connectivity index (χ1n) is 8.22. The highest BCUT2D eigenvalue weighted by Crippen LogP contribution is 2.32. The van der Waals surface area contributed by atoms with Crippen LogP contribution in [0.4, 0.5) is 5.69 Å². The van der Waals surface area contributed by atoms with Crippen molar-refractivity contribution >= 4 is 11.6 Å². The second kappa shape index (κ2) is 5.99. The minimum absolute atomic E-state index is 0.0373. The standard InChI is InChI=1S/C17H20N4O3/c1-11-18-17(24-19-11)15-8-13(22)9-20(15)10-16(23)21-7-6-12-4-2-3-5-14(12)21/h2-5,13,15,22H,6-10H2,1H3/t13-,15+/m0/s1. The van der Waals surface area contributed by atoms with E-state index in [2.05, 4.69) is 16.2 Å². The Bertz CT molecular complexity index is 760. The summed E-state index contributed by atoms with van der Waals surface area (Å²) in [5.41, 5.74) is 2.20. The van der Waals surface area contributed by atoms with E-state index in [-0.39, 0.29) is 18.5 Å². The fourth-order valence-corrected chi connectivity index (χ4v) is 3.62. The lowest BCUT2D eigenvalue weighted by Crippen LogP contribution is -2.40. The zero-order valence-corrected chi connectivity index (χ0v) is 13.6. The van der Waals surface area contributed by atoms with Crippen molar-refractivity contribution in [1.82, 2.24) is 15.0 Å². The number of likely N-dealkylation sites (tertiary alicyclic amines) is 1. The molecule has 2 aromatic rings. The Labute approximate surface area is 139 Å². The van der Waals surface area contributed by atoms with Gasteiger partial charge in [-0.2, -0.15) is 4.98 Å². The van der Waals surface area contributed by atoms with E-state index >= 15 is 0 Å². The fourth-order valence-electron chi connectivity index (χ4n) is 3.62. The van der Waals surface area contributed by atoms with Crippen LogP contribution in [0.5, 0.6) is 0 Å². The van der Waals surface area contributed by atoms with Crippen LogP contribution in [-0.4, -0.2) is 51.8 Å². The van der Waals surface area contributed by atoms with E-state index in [4.69, 9.17) is 4.52 Å². The number of hydrogen-bond acceptors (Lipinski definition) is 6. The summed E-state index contributed by atoms with van der Waals surface area (Å²) in [7, 11) is 0. The van der Waals surface area contributed by atoms with Crippen LogP contribution >= 0.6 is 0 Å². The molecule has 3 heterocycles. The molecular weight excluding hydrogens is 308 g/mol. The minimum atomic E-state index is -0.485. The topological polar surface area (TPSA) is 82.7 Å². The van der Waals surface area contributed by atoms with Crippen LogP contribution in [0.2, 0.25) is 0 Å². The van der Waals surface area contributed by atoms with Gasteiger partial charge in [0.25, 0.3) is 0 Å². The molecule has 2 atom stereocenters. The number of rotatable bonds is 3. The summed E-state index contributed by atoms with van der Waals surface area (Å²) in [6.45, 7) is 3.14. The van der Waals surface area contributed by atoms with Gasteiger partial charge in [-0.15, -0.1) is 0 Å². The second-order valence-corrected chi connectivity index (χ2v) is 6.44. The molecule has 1 fully saturated rings. The molecular formula is C17H20N4O3. The average Bonchev–Trinajstić information content (AvgIpc) is 3.25. The number of aliphatic hydroxyl groups is 1. The molecule has 1 N–H and O–H groups in total. The molecule has 0 radical (unpaired) electrons. The molecule has 0 saturated carbocycles. The lowest BCUT2D eigenvalue weighted by atomic mass is 10.2. The minimum Gasteiger partial charge on any atom is -0.392 e. The maximum absolute atomic E-state index is 12.8. The van der Waals surface area contributed by atoms with Gasteiger partial charge in [-0.25, -0.2) is 0 Å². The first-order valence-corrected chi connectivity index (χ1v) is 8.22. The SMILES string of the molecule is Cc1noc([C@H]2C[C@H](O)CN2CC(=O)N2CCc3ccccc32)n1. The number of β-amino-alcohol motifs (C(OH)–C–C–N with tert-alkyl or cyclic N) is 1. The maximum Gasteiger partial charge on any atom is 0.244 e. The van der Waals surface area contributed by atoms with Gasteiger partial charge < -0.3 is 14.5 Å². The quantitative estimate of drug-likeness (QED) is 0.908. The average molecular weight is 328 g/mol. The van der Waals surface area contributed by atoms with Gasteiger partial charge in [-0.1, -0.05) is 23.4 Å². The van der Waals surface area contributed by atoms with E-state index in [1.165, 1.54) is 5.56 Å². The van der Waals surface area contributed by atoms with Gasteiger partial charge in [0.05, 0.1) is 18.7 Å². The van der Waals surface area contributed by atoms with Crippen LogP contribution < -0.4 is 4.90 Å². The summed E-state index contributed by atoms with van der Waals surface area (Å²) >= 11 is 0. The van der Waals surface area contributed by atoms with E-state index in [9.17, 15) is 9.90 Å². The first-order chi connectivity index (χ1) is 11.6. The molecule has 2 aliphatic heterocycles. The number of aryl methyl sites for hydroxylation is 1. The summed E-state index contributed by atoms with van der Waals surface area (Å²) < 4.78 is 5.25. The Hall–Kier alpha value is -2.25. The van der Waals surface area contributed by atoms with Crippen LogP contribution in [-0.2, 0) is 11.2 Å². The van der Waals surface area contributed by atoms with Gasteiger partial charge in [-0.3, -0.25) is 9.69 Å². The van der Waals surface area contributed by atoms with E-state index < -0.39 is 6.10 Å². The lowest BCUT2D eigenvalue weighted by molar-refractivity contribution is -0.120.